The molecule has 0 aliphatic heterocycles. The van der Waals surface area contributed by atoms with Crippen LogP contribution in [-0.4, -0.2) is 37.0 Å². The van der Waals surface area contributed by atoms with E-state index in [1.807, 2.05) is 4.90 Å². The minimum atomic E-state index is -0.198. The first-order valence-electron chi connectivity index (χ1n) is 6.50. The number of methoxy groups -OCH3 is 1. The Morgan fingerprint density at radius 1 is 1.00 bits per heavy atom. The van der Waals surface area contributed by atoms with Crippen LogP contribution in [0, 0.1) is 0 Å². The summed E-state index contributed by atoms with van der Waals surface area (Å²) in [5, 5.41) is 0. The van der Waals surface area contributed by atoms with Gasteiger partial charge >= 0.3 is 5.97 Å². The molecule has 0 radical (unpaired) electrons. The van der Waals surface area contributed by atoms with E-state index < -0.39 is 0 Å². The van der Waals surface area contributed by atoms with Gasteiger partial charge in [-0.2, -0.15) is 0 Å². The van der Waals surface area contributed by atoms with E-state index in [4.69, 9.17) is 0 Å². The van der Waals surface area contributed by atoms with Gasteiger partial charge in [0, 0.05) is 25.9 Å². The van der Waals surface area contributed by atoms with E-state index in [1.165, 1.54) is 7.11 Å². The van der Waals surface area contributed by atoms with Crippen LogP contribution < -0.4 is 0 Å². The minimum absolute atomic E-state index is 0.198. The lowest BCUT2D eigenvalue weighted by molar-refractivity contribution is -0.141. The molecule has 0 N–H and O–H groups in total. The van der Waals surface area contributed by atoms with Crippen molar-refractivity contribution in [1.82, 2.24) is 4.90 Å². The highest BCUT2D eigenvalue weighted by Gasteiger charge is 2.11. The summed E-state index contributed by atoms with van der Waals surface area (Å²) in [6, 6.07) is 0. The maximum absolute atomic E-state index is 11.8. The zero-order chi connectivity index (χ0) is 13.1. The lowest BCUT2D eigenvalue weighted by Gasteiger charge is -2.21. The van der Waals surface area contributed by atoms with E-state index in [9.17, 15) is 9.59 Å². The van der Waals surface area contributed by atoms with E-state index in [-0.39, 0.29) is 11.9 Å². The third-order valence-electron chi connectivity index (χ3n) is 2.59. The van der Waals surface area contributed by atoms with Crippen molar-refractivity contribution in [3.05, 3.63) is 0 Å². The van der Waals surface area contributed by atoms with Crippen molar-refractivity contribution in [2.75, 3.05) is 20.2 Å². The lowest BCUT2D eigenvalue weighted by Crippen LogP contribution is -2.32. The zero-order valence-electron chi connectivity index (χ0n) is 11.3. The summed E-state index contributed by atoms with van der Waals surface area (Å²) < 4.78 is 4.55. The monoisotopic (exact) mass is 243 g/mol. The molecule has 0 unspecified atom stereocenters. The second kappa shape index (κ2) is 10.1. The summed E-state index contributed by atoms with van der Waals surface area (Å²) in [6.07, 6.45) is 4.42. The van der Waals surface area contributed by atoms with E-state index >= 15 is 0 Å². The smallest absolute Gasteiger partial charge is 0.305 e. The standard InChI is InChI=1S/C13H25NO3/c1-4-10-14(11-5-2)12(15)8-6-7-9-13(16)17-3/h4-11H2,1-3H3. The number of nitrogens with zero attached hydrogens (tertiary/aromatic N) is 1. The molecule has 100 valence electrons. The summed E-state index contributed by atoms with van der Waals surface area (Å²) in [4.78, 5) is 24.6. The number of esters is 1. The Morgan fingerprint density at radius 2 is 1.53 bits per heavy atom. The molecule has 0 saturated heterocycles. The van der Waals surface area contributed by atoms with Gasteiger partial charge in [0.05, 0.1) is 7.11 Å². The largest absolute Gasteiger partial charge is 0.469 e. The van der Waals surface area contributed by atoms with Crippen molar-refractivity contribution in [3.63, 3.8) is 0 Å². The van der Waals surface area contributed by atoms with E-state index in [2.05, 4.69) is 18.6 Å². The van der Waals surface area contributed by atoms with Gasteiger partial charge in [-0.15, -0.1) is 0 Å². The van der Waals surface area contributed by atoms with Crippen LogP contribution in [0.4, 0.5) is 0 Å². The molecule has 0 heterocycles. The fourth-order valence-electron chi connectivity index (χ4n) is 1.71. The Bertz CT molecular complexity index is 223. The predicted molar refractivity (Wildman–Crippen MR) is 67.6 cm³/mol. The Balaban J connectivity index is 3.77. The van der Waals surface area contributed by atoms with Crippen molar-refractivity contribution >= 4 is 11.9 Å². The van der Waals surface area contributed by atoms with Crippen molar-refractivity contribution in [2.24, 2.45) is 0 Å². The maximum atomic E-state index is 11.8. The first-order valence-corrected chi connectivity index (χ1v) is 6.50. The van der Waals surface area contributed by atoms with Gasteiger partial charge in [-0.1, -0.05) is 13.8 Å². The summed E-state index contributed by atoms with van der Waals surface area (Å²) in [7, 11) is 1.39. The van der Waals surface area contributed by atoms with Crippen molar-refractivity contribution in [2.45, 2.75) is 52.4 Å². The van der Waals surface area contributed by atoms with E-state index in [0.717, 1.165) is 38.8 Å². The topological polar surface area (TPSA) is 46.6 Å². The summed E-state index contributed by atoms with van der Waals surface area (Å²) in [5.41, 5.74) is 0. The van der Waals surface area contributed by atoms with Gasteiger partial charge in [0.2, 0.25) is 5.91 Å². The van der Waals surface area contributed by atoms with Gasteiger partial charge in [-0.05, 0) is 25.7 Å². The second-order valence-electron chi connectivity index (χ2n) is 4.16. The molecule has 4 heteroatoms. The molecule has 0 aliphatic rings. The third kappa shape index (κ3) is 7.77. The number of rotatable bonds is 9. The Labute approximate surface area is 104 Å². The maximum Gasteiger partial charge on any atom is 0.305 e. The van der Waals surface area contributed by atoms with Gasteiger partial charge < -0.3 is 9.64 Å². The molecule has 0 rings (SSSR count). The molecule has 0 aromatic rings. The molecule has 0 aromatic carbocycles. The van der Waals surface area contributed by atoms with Crippen LogP contribution >= 0.6 is 0 Å². The Morgan fingerprint density at radius 3 is 2.00 bits per heavy atom. The van der Waals surface area contributed by atoms with Crippen molar-refractivity contribution in [3.8, 4) is 0 Å². The first-order chi connectivity index (χ1) is 8.15. The molecule has 0 saturated carbocycles. The van der Waals surface area contributed by atoms with E-state index in [0.29, 0.717) is 12.8 Å². The van der Waals surface area contributed by atoms with Gasteiger partial charge in [0.25, 0.3) is 0 Å². The molecule has 0 aromatic heterocycles. The van der Waals surface area contributed by atoms with Gasteiger partial charge in [-0.25, -0.2) is 0 Å². The molecular weight excluding hydrogens is 218 g/mol. The number of carbonyl (C=O) groups is 2. The summed E-state index contributed by atoms with van der Waals surface area (Å²) in [5.74, 6) is 0.00925. The van der Waals surface area contributed by atoms with Crippen LogP contribution in [0.3, 0.4) is 0 Å². The van der Waals surface area contributed by atoms with Crippen molar-refractivity contribution in [1.29, 1.82) is 0 Å². The highest BCUT2D eigenvalue weighted by Crippen LogP contribution is 2.05. The van der Waals surface area contributed by atoms with Crippen molar-refractivity contribution < 1.29 is 14.3 Å². The predicted octanol–water partition coefficient (Wildman–Crippen LogP) is 2.37. The molecule has 0 fully saturated rings. The van der Waals surface area contributed by atoms with Crippen LogP contribution in [-0.2, 0) is 14.3 Å². The highest BCUT2D eigenvalue weighted by atomic mass is 16.5. The fraction of sp³-hybridized carbons (Fsp3) is 0.846. The zero-order valence-corrected chi connectivity index (χ0v) is 11.3. The highest BCUT2D eigenvalue weighted by molar-refractivity contribution is 5.76. The van der Waals surface area contributed by atoms with E-state index in [1.54, 1.807) is 0 Å². The SMILES string of the molecule is CCCN(CCC)C(=O)CCCCC(=O)OC. The number of hydrogen-bond donors (Lipinski definition) is 0. The molecule has 4 nitrogen and oxygen atoms in total. The summed E-state index contributed by atoms with van der Waals surface area (Å²) in [6.45, 7) is 5.83. The summed E-state index contributed by atoms with van der Waals surface area (Å²) >= 11 is 0. The van der Waals surface area contributed by atoms with Gasteiger partial charge in [0.15, 0.2) is 0 Å². The number of hydrogen-bond acceptors (Lipinski definition) is 3. The average molecular weight is 243 g/mol. The minimum Gasteiger partial charge on any atom is -0.469 e. The fourth-order valence-corrected chi connectivity index (χ4v) is 1.71. The lowest BCUT2D eigenvalue weighted by atomic mass is 10.1. The van der Waals surface area contributed by atoms with Crippen LogP contribution in [0.25, 0.3) is 0 Å². The molecule has 1 amide bonds. The second-order valence-corrected chi connectivity index (χ2v) is 4.16. The number of amides is 1. The number of unbranched alkanes of at least 4 members (excludes halogenated alkanes) is 1. The third-order valence-corrected chi connectivity index (χ3v) is 2.59. The van der Waals surface area contributed by atoms with Crippen LogP contribution in [0.5, 0.6) is 0 Å². The van der Waals surface area contributed by atoms with Gasteiger partial charge in [-0.3, -0.25) is 9.59 Å². The number of carbonyl (C=O) groups excluding carboxylic acids is 2. The average Bonchev–Trinajstić information content (AvgIpc) is 2.33. The van der Waals surface area contributed by atoms with Crippen LogP contribution in [0.2, 0.25) is 0 Å². The number of ether oxygens (including phenoxy) is 1. The van der Waals surface area contributed by atoms with Crippen LogP contribution in [0.15, 0.2) is 0 Å². The van der Waals surface area contributed by atoms with Gasteiger partial charge in [0.1, 0.15) is 0 Å². The molecule has 0 bridgehead atoms. The molecular formula is C13H25NO3. The quantitative estimate of drug-likeness (QED) is 0.461. The molecule has 0 spiro atoms. The molecule has 17 heavy (non-hydrogen) atoms. The Kier molecular flexibility index (Phi) is 9.49. The Hall–Kier alpha value is -1.06. The normalized spacial score (nSPS) is 10.1. The van der Waals surface area contributed by atoms with Crippen LogP contribution in [0.1, 0.15) is 52.4 Å². The molecule has 0 atom stereocenters. The first kappa shape index (κ1) is 15.9. The molecule has 0 aliphatic carbocycles.